The predicted octanol–water partition coefficient (Wildman–Crippen LogP) is 4.18. The van der Waals surface area contributed by atoms with Gasteiger partial charge in [-0.2, -0.15) is 0 Å². The van der Waals surface area contributed by atoms with E-state index in [0.717, 1.165) is 18.8 Å². The smallest absolute Gasteiger partial charge is 0.0610 e. The molecule has 24 heavy (non-hydrogen) atoms. The Morgan fingerprint density at radius 2 is 2.00 bits per heavy atom. The molecule has 0 spiro atoms. The number of hydrogen-bond donors (Lipinski definition) is 0. The average molecular weight is 317 g/mol. The highest BCUT2D eigenvalue weighted by Gasteiger charge is 2.39. The van der Waals surface area contributed by atoms with Gasteiger partial charge in [-0.15, -0.1) is 0 Å². The molecule has 2 aliphatic heterocycles. The third-order valence-corrected chi connectivity index (χ3v) is 5.79. The van der Waals surface area contributed by atoms with E-state index in [1.165, 1.54) is 28.5 Å². The fraction of sp³-hybridized carbons (Fsp3) is 0.381. The molecule has 2 atom stereocenters. The second-order valence-corrected chi connectivity index (χ2v) is 7.63. The van der Waals surface area contributed by atoms with Crippen LogP contribution >= 0.6 is 0 Å². The molecule has 3 nitrogen and oxygen atoms in total. The molecule has 4 heterocycles. The molecule has 0 saturated heterocycles. The first-order valence-electron chi connectivity index (χ1n) is 8.86. The van der Waals surface area contributed by atoms with Gasteiger partial charge in [0.1, 0.15) is 0 Å². The lowest BCUT2D eigenvalue weighted by Crippen LogP contribution is -2.28. The topological polar surface area (TPSA) is 21.1 Å². The number of likely N-dealkylation sites (N-methyl/N-ethyl adjacent to an activating group) is 1. The van der Waals surface area contributed by atoms with Gasteiger partial charge in [-0.3, -0.25) is 4.98 Å². The largest absolute Gasteiger partial charge is 0.336 e. The molecule has 2 unspecified atom stereocenters. The van der Waals surface area contributed by atoms with Crippen LogP contribution in [0.15, 0.2) is 36.5 Å². The SMILES string of the molecule is Cc1ccc2c(c1)c1c3n2C(c2ccc(C)nc2)CC3CN(C)C1. The maximum absolute atomic E-state index is 4.56. The molecule has 0 aliphatic carbocycles. The van der Waals surface area contributed by atoms with Crippen molar-refractivity contribution < 1.29 is 0 Å². The van der Waals surface area contributed by atoms with Gasteiger partial charge < -0.3 is 9.47 Å². The molecule has 3 aromatic rings. The van der Waals surface area contributed by atoms with E-state index in [9.17, 15) is 0 Å². The number of rotatable bonds is 1. The lowest BCUT2D eigenvalue weighted by atomic mass is 9.91. The van der Waals surface area contributed by atoms with Gasteiger partial charge in [0.05, 0.1) is 6.04 Å². The van der Waals surface area contributed by atoms with Gasteiger partial charge in [-0.25, -0.2) is 0 Å². The van der Waals surface area contributed by atoms with Gasteiger partial charge in [0.2, 0.25) is 0 Å². The van der Waals surface area contributed by atoms with E-state index in [1.54, 1.807) is 11.3 Å². The Labute approximate surface area is 142 Å². The quantitative estimate of drug-likeness (QED) is 0.671. The van der Waals surface area contributed by atoms with E-state index in [4.69, 9.17) is 0 Å². The van der Waals surface area contributed by atoms with E-state index in [1.807, 2.05) is 0 Å². The van der Waals surface area contributed by atoms with Crippen molar-refractivity contribution in [1.82, 2.24) is 14.5 Å². The van der Waals surface area contributed by atoms with Crippen LogP contribution in [0.5, 0.6) is 0 Å². The molecule has 2 aliphatic rings. The fourth-order valence-corrected chi connectivity index (χ4v) is 4.78. The Bertz CT molecular complexity index is 936. The highest BCUT2D eigenvalue weighted by Crippen LogP contribution is 2.48. The minimum Gasteiger partial charge on any atom is -0.336 e. The van der Waals surface area contributed by atoms with E-state index in [0.29, 0.717) is 12.0 Å². The lowest BCUT2D eigenvalue weighted by Gasteiger charge is -2.27. The van der Waals surface area contributed by atoms with Crippen molar-refractivity contribution >= 4 is 10.9 Å². The number of benzene rings is 1. The molecular formula is C21H23N3. The summed E-state index contributed by atoms with van der Waals surface area (Å²) in [5.41, 5.74) is 8.31. The summed E-state index contributed by atoms with van der Waals surface area (Å²) in [4.78, 5) is 7.04. The summed E-state index contributed by atoms with van der Waals surface area (Å²) in [6, 6.07) is 11.8. The normalized spacial score (nSPS) is 23.0. The predicted molar refractivity (Wildman–Crippen MR) is 97.5 cm³/mol. The molecule has 5 rings (SSSR count). The second-order valence-electron chi connectivity index (χ2n) is 7.63. The summed E-state index contributed by atoms with van der Waals surface area (Å²) in [6.45, 7) is 6.48. The minimum absolute atomic E-state index is 0.420. The second kappa shape index (κ2) is 4.93. The molecule has 0 N–H and O–H groups in total. The van der Waals surface area contributed by atoms with Crippen LogP contribution in [-0.2, 0) is 6.54 Å². The summed E-state index contributed by atoms with van der Waals surface area (Å²) in [5.74, 6) is 0.637. The van der Waals surface area contributed by atoms with Gasteiger partial charge in [0, 0.05) is 47.5 Å². The lowest BCUT2D eigenvalue weighted by molar-refractivity contribution is 0.282. The Morgan fingerprint density at radius 1 is 1.12 bits per heavy atom. The highest BCUT2D eigenvalue weighted by atomic mass is 15.2. The van der Waals surface area contributed by atoms with Crippen molar-refractivity contribution in [1.29, 1.82) is 0 Å². The van der Waals surface area contributed by atoms with Crippen molar-refractivity contribution in [3.8, 4) is 0 Å². The van der Waals surface area contributed by atoms with Crippen LogP contribution in [0.4, 0.5) is 0 Å². The first-order valence-corrected chi connectivity index (χ1v) is 8.86. The third-order valence-electron chi connectivity index (χ3n) is 5.79. The zero-order valence-corrected chi connectivity index (χ0v) is 14.6. The molecule has 3 heteroatoms. The Balaban J connectivity index is 1.77. The first-order chi connectivity index (χ1) is 11.6. The molecule has 0 fully saturated rings. The number of pyridine rings is 1. The van der Waals surface area contributed by atoms with Crippen LogP contribution in [-0.4, -0.2) is 28.0 Å². The average Bonchev–Trinajstić information content (AvgIpc) is 3.08. The summed E-state index contributed by atoms with van der Waals surface area (Å²) < 4.78 is 2.62. The summed E-state index contributed by atoms with van der Waals surface area (Å²) in [5, 5.41) is 1.45. The Morgan fingerprint density at radius 3 is 2.79 bits per heavy atom. The summed E-state index contributed by atoms with van der Waals surface area (Å²) >= 11 is 0. The Hall–Kier alpha value is -2.13. The van der Waals surface area contributed by atoms with Crippen molar-refractivity contribution in [3.63, 3.8) is 0 Å². The van der Waals surface area contributed by atoms with E-state index < -0.39 is 0 Å². The number of fused-ring (bicyclic) bond motifs is 3. The van der Waals surface area contributed by atoms with Crippen LogP contribution < -0.4 is 0 Å². The summed E-state index contributed by atoms with van der Waals surface area (Å²) in [7, 11) is 2.25. The number of nitrogens with zero attached hydrogens (tertiary/aromatic N) is 3. The minimum atomic E-state index is 0.420. The first kappa shape index (κ1) is 14.2. The van der Waals surface area contributed by atoms with Crippen LogP contribution in [0.2, 0.25) is 0 Å². The van der Waals surface area contributed by atoms with Crippen molar-refractivity contribution in [2.75, 3.05) is 13.6 Å². The maximum Gasteiger partial charge on any atom is 0.0610 e. The van der Waals surface area contributed by atoms with Crippen molar-refractivity contribution in [2.24, 2.45) is 0 Å². The van der Waals surface area contributed by atoms with Gasteiger partial charge in [0.25, 0.3) is 0 Å². The van der Waals surface area contributed by atoms with Gasteiger partial charge in [-0.1, -0.05) is 17.7 Å². The molecule has 1 aromatic carbocycles. The monoisotopic (exact) mass is 317 g/mol. The fourth-order valence-electron chi connectivity index (χ4n) is 4.78. The third kappa shape index (κ3) is 1.91. The standard InChI is InChI=1S/C21H23N3/c1-13-4-7-19-17(8-13)18-12-23(3)11-16-9-20(24(19)21(16)18)15-6-5-14(2)22-10-15/h4-8,10,16,20H,9,11-12H2,1-3H3. The van der Waals surface area contributed by atoms with Gasteiger partial charge in [0.15, 0.2) is 0 Å². The van der Waals surface area contributed by atoms with Crippen molar-refractivity contribution in [3.05, 3.63) is 64.6 Å². The van der Waals surface area contributed by atoms with E-state index in [-0.39, 0.29) is 0 Å². The molecule has 0 bridgehead atoms. The van der Waals surface area contributed by atoms with E-state index >= 15 is 0 Å². The van der Waals surface area contributed by atoms with E-state index in [2.05, 4.69) is 71.9 Å². The van der Waals surface area contributed by atoms with Crippen LogP contribution in [0.25, 0.3) is 10.9 Å². The zero-order chi connectivity index (χ0) is 16.4. The van der Waals surface area contributed by atoms with Crippen LogP contribution in [0.3, 0.4) is 0 Å². The van der Waals surface area contributed by atoms with Crippen molar-refractivity contribution in [2.45, 2.75) is 38.8 Å². The maximum atomic E-state index is 4.56. The molecule has 0 saturated carbocycles. The molecule has 0 radical (unpaired) electrons. The van der Waals surface area contributed by atoms with Gasteiger partial charge >= 0.3 is 0 Å². The number of aryl methyl sites for hydroxylation is 2. The highest BCUT2D eigenvalue weighted by molar-refractivity contribution is 5.87. The zero-order valence-electron chi connectivity index (χ0n) is 14.6. The molecule has 0 amide bonds. The molecule has 122 valence electrons. The summed E-state index contributed by atoms with van der Waals surface area (Å²) in [6.07, 6.45) is 3.27. The Kier molecular flexibility index (Phi) is 2.93. The molecular weight excluding hydrogens is 294 g/mol. The van der Waals surface area contributed by atoms with Crippen LogP contribution in [0, 0.1) is 13.8 Å². The van der Waals surface area contributed by atoms with Crippen LogP contribution in [0.1, 0.15) is 46.5 Å². The number of aromatic nitrogens is 2. The number of hydrogen-bond acceptors (Lipinski definition) is 2. The van der Waals surface area contributed by atoms with Gasteiger partial charge in [-0.05, 0) is 56.6 Å². The molecule has 2 aromatic heterocycles.